The van der Waals surface area contributed by atoms with Crippen molar-refractivity contribution < 1.29 is 19.4 Å². The Morgan fingerprint density at radius 2 is 2.00 bits per heavy atom. The van der Waals surface area contributed by atoms with Crippen LogP contribution < -0.4 is 4.74 Å². The molecule has 5 nitrogen and oxygen atoms in total. The summed E-state index contributed by atoms with van der Waals surface area (Å²) >= 11 is 0. The molecule has 0 bridgehead atoms. The summed E-state index contributed by atoms with van der Waals surface area (Å²) in [6, 6.07) is 18.0. The van der Waals surface area contributed by atoms with Crippen molar-refractivity contribution in [1.82, 2.24) is 4.98 Å². The molecule has 4 rings (SSSR count). The molecule has 2 atom stereocenters. The molecule has 0 fully saturated rings. The number of hydrogen-bond acceptors (Lipinski definition) is 4. The third-order valence-corrected chi connectivity index (χ3v) is 5.45. The Bertz CT molecular complexity index is 1000. The number of carboxylic acid groups (broad SMARTS) is 1. The van der Waals surface area contributed by atoms with Gasteiger partial charge >= 0.3 is 5.97 Å². The SMILES string of the molecule is CCO[C@@H](CC(=O)O)c1ccc(O[C@@H]2CCc3c(-c4cccnc4)cccc32)cc1. The monoisotopic (exact) mass is 403 g/mol. The Morgan fingerprint density at radius 1 is 1.17 bits per heavy atom. The quantitative estimate of drug-likeness (QED) is 0.548. The molecule has 0 saturated carbocycles. The van der Waals surface area contributed by atoms with E-state index in [1.807, 2.05) is 43.5 Å². The summed E-state index contributed by atoms with van der Waals surface area (Å²) in [4.78, 5) is 15.3. The predicted molar refractivity (Wildman–Crippen MR) is 114 cm³/mol. The summed E-state index contributed by atoms with van der Waals surface area (Å²) in [5.41, 5.74) is 5.73. The number of carbonyl (C=O) groups is 1. The molecule has 0 amide bonds. The highest BCUT2D eigenvalue weighted by molar-refractivity contribution is 5.69. The highest BCUT2D eigenvalue weighted by Gasteiger charge is 2.26. The number of ether oxygens (including phenoxy) is 2. The summed E-state index contributed by atoms with van der Waals surface area (Å²) in [7, 11) is 0. The van der Waals surface area contributed by atoms with E-state index in [1.54, 1.807) is 6.20 Å². The average molecular weight is 403 g/mol. The first-order valence-electron chi connectivity index (χ1n) is 10.3. The molecule has 0 radical (unpaired) electrons. The van der Waals surface area contributed by atoms with Gasteiger partial charge in [-0.3, -0.25) is 9.78 Å². The van der Waals surface area contributed by atoms with E-state index in [-0.39, 0.29) is 12.5 Å². The lowest BCUT2D eigenvalue weighted by molar-refractivity contribution is -0.140. The molecule has 30 heavy (non-hydrogen) atoms. The minimum atomic E-state index is -0.874. The van der Waals surface area contributed by atoms with Crippen molar-refractivity contribution in [3.05, 3.63) is 83.7 Å². The van der Waals surface area contributed by atoms with E-state index in [0.717, 1.165) is 29.7 Å². The van der Waals surface area contributed by atoms with Gasteiger partial charge in [-0.1, -0.05) is 36.4 Å². The van der Waals surface area contributed by atoms with Crippen LogP contribution in [0, 0.1) is 0 Å². The molecule has 1 N–H and O–H groups in total. The van der Waals surface area contributed by atoms with Gasteiger partial charge in [0.05, 0.1) is 12.5 Å². The predicted octanol–water partition coefficient (Wildman–Crippen LogP) is 5.37. The summed E-state index contributed by atoms with van der Waals surface area (Å²) in [6.07, 6.45) is 5.08. The second-order valence-corrected chi connectivity index (χ2v) is 7.37. The smallest absolute Gasteiger partial charge is 0.306 e. The Kier molecular flexibility index (Phi) is 6.10. The van der Waals surface area contributed by atoms with Gasteiger partial charge in [-0.15, -0.1) is 0 Å². The van der Waals surface area contributed by atoms with Gasteiger partial charge in [-0.2, -0.15) is 0 Å². The first kappa shape index (κ1) is 20.1. The van der Waals surface area contributed by atoms with E-state index in [4.69, 9.17) is 14.6 Å². The van der Waals surface area contributed by atoms with Crippen LogP contribution in [-0.4, -0.2) is 22.7 Å². The largest absolute Gasteiger partial charge is 0.486 e. The van der Waals surface area contributed by atoms with Crippen molar-refractivity contribution in [2.24, 2.45) is 0 Å². The third kappa shape index (κ3) is 4.36. The van der Waals surface area contributed by atoms with Gasteiger partial charge in [0.15, 0.2) is 0 Å². The van der Waals surface area contributed by atoms with Gasteiger partial charge in [0, 0.05) is 24.6 Å². The summed E-state index contributed by atoms with van der Waals surface area (Å²) in [5, 5.41) is 9.11. The molecule has 1 aliphatic rings. The van der Waals surface area contributed by atoms with Crippen molar-refractivity contribution in [3.8, 4) is 16.9 Å². The van der Waals surface area contributed by atoms with Crippen LogP contribution in [0.4, 0.5) is 0 Å². The fourth-order valence-electron chi connectivity index (χ4n) is 4.09. The molecular weight excluding hydrogens is 378 g/mol. The van der Waals surface area contributed by atoms with Crippen molar-refractivity contribution in [3.63, 3.8) is 0 Å². The van der Waals surface area contributed by atoms with Gasteiger partial charge in [0.1, 0.15) is 11.9 Å². The number of carboxylic acids is 1. The Balaban J connectivity index is 1.51. The molecule has 1 aliphatic carbocycles. The standard InChI is InChI=1S/C25H25NO4/c1-2-29-24(15-25(27)28)17-8-10-19(11-9-17)30-23-13-12-21-20(6-3-7-22(21)23)18-5-4-14-26-16-18/h3-11,14,16,23-24H,2,12-13,15H2,1H3,(H,27,28)/t23-,24+/m1/s1. The molecule has 0 unspecified atom stereocenters. The molecule has 0 aliphatic heterocycles. The number of hydrogen-bond donors (Lipinski definition) is 1. The number of aromatic nitrogens is 1. The van der Waals surface area contributed by atoms with E-state index < -0.39 is 12.1 Å². The van der Waals surface area contributed by atoms with Gasteiger partial charge in [-0.25, -0.2) is 0 Å². The van der Waals surface area contributed by atoms with Gasteiger partial charge in [0.25, 0.3) is 0 Å². The maximum absolute atomic E-state index is 11.1. The molecule has 0 saturated heterocycles. The molecule has 1 aromatic heterocycles. The summed E-state index contributed by atoms with van der Waals surface area (Å²) < 4.78 is 11.9. The van der Waals surface area contributed by atoms with Crippen LogP contribution >= 0.6 is 0 Å². The summed E-state index contributed by atoms with van der Waals surface area (Å²) in [5.74, 6) is -0.102. The number of nitrogens with zero attached hydrogens (tertiary/aromatic N) is 1. The van der Waals surface area contributed by atoms with E-state index in [2.05, 4.69) is 29.2 Å². The van der Waals surface area contributed by atoms with Crippen LogP contribution in [0.15, 0.2) is 67.0 Å². The van der Waals surface area contributed by atoms with Gasteiger partial charge in [0.2, 0.25) is 0 Å². The summed E-state index contributed by atoms with van der Waals surface area (Å²) in [6.45, 7) is 2.33. The number of aliphatic carboxylic acids is 1. The zero-order chi connectivity index (χ0) is 20.9. The fourth-order valence-corrected chi connectivity index (χ4v) is 4.09. The van der Waals surface area contributed by atoms with Crippen LogP contribution in [0.2, 0.25) is 0 Å². The van der Waals surface area contributed by atoms with Crippen molar-refractivity contribution >= 4 is 5.97 Å². The van der Waals surface area contributed by atoms with E-state index in [0.29, 0.717) is 6.61 Å². The second-order valence-electron chi connectivity index (χ2n) is 7.37. The number of benzene rings is 2. The van der Waals surface area contributed by atoms with E-state index >= 15 is 0 Å². The Hall–Kier alpha value is -3.18. The number of rotatable bonds is 8. The van der Waals surface area contributed by atoms with Crippen LogP contribution in [0.25, 0.3) is 11.1 Å². The van der Waals surface area contributed by atoms with Crippen molar-refractivity contribution in [1.29, 1.82) is 0 Å². The maximum atomic E-state index is 11.1. The van der Waals surface area contributed by atoms with Gasteiger partial charge in [-0.05, 0) is 60.2 Å². The van der Waals surface area contributed by atoms with Crippen LogP contribution in [-0.2, 0) is 16.0 Å². The lowest BCUT2D eigenvalue weighted by Crippen LogP contribution is -2.10. The molecule has 154 valence electrons. The molecule has 5 heteroatoms. The Labute approximate surface area is 176 Å². The minimum Gasteiger partial charge on any atom is -0.486 e. The number of fused-ring (bicyclic) bond motifs is 1. The topological polar surface area (TPSA) is 68.7 Å². The highest BCUT2D eigenvalue weighted by Crippen LogP contribution is 2.40. The highest BCUT2D eigenvalue weighted by atomic mass is 16.5. The first-order chi connectivity index (χ1) is 14.7. The van der Waals surface area contributed by atoms with Crippen LogP contribution in [0.1, 0.15) is 48.7 Å². The van der Waals surface area contributed by atoms with Crippen molar-refractivity contribution in [2.45, 2.75) is 38.4 Å². The first-order valence-corrected chi connectivity index (χ1v) is 10.3. The normalized spacial score (nSPS) is 16.1. The maximum Gasteiger partial charge on any atom is 0.306 e. The van der Waals surface area contributed by atoms with E-state index in [1.165, 1.54) is 16.7 Å². The molecule has 2 aromatic carbocycles. The second kappa shape index (κ2) is 9.09. The number of pyridine rings is 1. The molecule has 0 spiro atoms. The van der Waals surface area contributed by atoms with Crippen LogP contribution in [0.3, 0.4) is 0 Å². The fraction of sp³-hybridized carbons (Fsp3) is 0.280. The molecule has 3 aromatic rings. The van der Waals surface area contributed by atoms with Gasteiger partial charge < -0.3 is 14.6 Å². The minimum absolute atomic E-state index is 0.00387. The van der Waals surface area contributed by atoms with E-state index in [9.17, 15) is 4.79 Å². The molecule has 1 heterocycles. The molecular formula is C25H25NO4. The zero-order valence-electron chi connectivity index (χ0n) is 17.0. The Morgan fingerprint density at radius 3 is 2.70 bits per heavy atom. The lowest BCUT2D eigenvalue weighted by Gasteiger charge is -2.18. The van der Waals surface area contributed by atoms with Crippen molar-refractivity contribution in [2.75, 3.05) is 6.61 Å². The van der Waals surface area contributed by atoms with Crippen LogP contribution in [0.5, 0.6) is 5.75 Å². The lowest BCUT2D eigenvalue weighted by atomic mass is 9.98. The zero-order valence-corrected chi connectivity index (χ0v) is 17.0. The average Bonchev–Trinajstić information content (AvgIpc) is 3.17. The third-order valence-electron chi connectivity index (χ3n) is 5.45.